The lowest BCUT2D eigenvalue weighted by Crippen LogP contribution is -2.68. The Morgan fingerprint density at radius 1 is 0.967 bits per heavy atom. The van der Waals surface area contributed by atoms with Crippen molar-refractivity contribution < 1.29 is 66.8 Å². The first-order chi connectivity index (χ1) is 13.9. The van der Waals surface area contributed by atoms with Gasteiger partial charge >= 0.3 is 10.4 Å². The fourth-order valence-electron chi connectivity index (χ4n) is 3.21. The zero-order valence-corrected chi connectivity index (χ0v) is 16.4. The molecule has 0 aromatic rings. The van der Waals surface area contributed by atoms with Crippen LogP contribution < -0.4 is 5.32 Å². The molecule has 8 N–H and O–H groups in total. The Labute approximate surface area is 170 Å². The van der Waals surface area contributed by atoms with Gasteiger partial charge in [0.2, 0.25) is 5.91 Å². The Morgan fingerprint density at radius 3 is 2.00 bits per heavy atom. The van der Waals surface area contributed by atoms with Crippen molar-refractivity contribution >= 4 is 16.3 Å². The van der Waals surface area contributed by atoms with Gasteiger partial charge in [0.15, 0.2) is 12.6 Å². The monoisotopic (exact) mass is 463 g/mol. The molecule has 30 heavy (non-hydrogen) atoms. The lowest BCUT2D eigenvalue weighted by atomic mass is 9.95. The predicted molar refractivity (Wildman–Crippen MR) is 90.6 cm³/mol. The molecule has 0 aromatic heterocycles. The van der Waals surface area contributed by atoms with Gasteiger partial charge in [0.25, 0.3) is 0 Å². The number of rotatable bonds is 7. The summed E-state index contributed by atoms with van der Waals surface area (Å²) in [6.45, 7) is -0.617. The van der Waals surface area contributed by atoms with Crippen molar-refractivity contribution in [3.63, 3.8) is 0 Å². The van der Waals surface area contributed by atoms with Gasteiger partial charge in [-0.15, -0.1) is 0 Å². The van der Waals surface area contributed by atoms with E-state index in [0.717, 1.165) is 6.92 Å². The normalized spacial score (nSPS) is 42.7. The van der Waals surface area contributed by atoms with Gasteiger partial charge in [-0.25, -0.2) is 4.18 Å². The third kappa shape index (κ3) is 5.81. The lowest BCUT2D eigenvalue weighted by Gasteiger charge is -2.47. The van der Waals surface area contributed by atoms with Crippen LogP contribution in [0.4, 0.5) is 0 Å². The number of carbonyl (C=O) groups excluding carboxylic acids is 1. The summed E-state index contributed by atoms with van der Waals surface area (Å²) in [4.78, 5) is 11.6. The van der Waals surface area contributed by atoms with Gasteiger partial charge in [0.05, 0.1) is 13.2 Å². The standard InChI is InChI=1S/C14H25NO14S/c1-4(18)15-7-11(29-30(23,24)25)8(19)6(3-17)27-14(7)28-12-9(20)5(2-16)26-13(22)10(12)21/h5-14,16-17,19-22H,2-3H2,1H3,(H,15,18)(H,23,24,25)/t5-,6+,7+,8+,9+,10-,11+,12+,13+,14-/m0/s1. The van der Waals surface area contributed by atoms with Crippen LogP contribution in [0, 0.1) is 0 Å². The summed E-state index contributed by atoms with van der Waals surface area (Å²) in [5.41, 5.74) is 0. The Balaban J connectivity index is 2.36. The number of aliphatic hydroxyl groups excluding tert-OH is 6. The van der Waals surface area contributed by atoms with Crippen molar-refractivity contribution in [3.8, 4) is 0 Å². The molecule has 16 heteroatoms. The molecular formula is C14H25NO14S. The van der Waals surface area contributed by atoms with Crippen molar-refractivity contribution in [2.24, 2.45) is 0 Å². The first kappa shape index (κ1) is 25.2. The van der Waals surface area contributed by atoms with E-state index < -0.39 is 90.9 Å². The molecule has 0 radical (unpaired) electrons. The molecule has 15 nitrogen and oxygen atoms in total. The molecule has 0 saturated carbocycles. The summed E-state index contributed by atoms with van der Waals surface area (Å²) in [6.07, 6.45) is -15.6. The van der Waals surface area contributed by atoms with Gasteiger partial charge in [0, 0.05) is 6.92 Å². The van der Waals surface area contributed by atoms with Crippen LogP contribution in [0.25, 0.3) is 0 Å². The van der Waals surface area contributed by atoms with Gasteiger partial charge in [-0.05, 0) is 0 Å². The van der Waals surface area contributed by atoms with E-state index in [1.165, 1.54) is 0 Å². The SMILES string of the molecule is CC(=O)N[C@H]1[C@H](O[C@H]2[C@H](O)[C@H](O)O[C@@H](CO)[C@H]2O)O[C@H](CO)[C@@H](O)[C@@H]1OS(=O)(=O)O. The fourth-order valence-corrected chi connectivity index (χ4v) is 3.72. The highest BCUT2D eigenvalue weighted by Gasteiger charge is 2.52. The average Bonchev–Trinajstić information content (AvgIpc) is 2.65. The average molecular weight is 463 g/mol. The van der Waals surface area contributed by atoms with E-state index in [9.17, 15) is 43.9 Å². The van der Waals surface area contributed by atoms with E-state index >= 15 is 0 Å². The third-order valence-corrected chi connectivity index (χ3v) is 5.05. The maximum atomic E-state index is 11.6. The van der Waals surface area contributed by atoms with Crippen LogP contribution in [0.1, 0.15) is 6.92 Å². The molecule has 2 aliphatic heterocycles. The van der Waals surface area contributed by atoms with Crippen LogP contribution in [0.3, 0.4) is 0 Å². The summed E-state index contributed by atoms with van der Waals surface area (Å²) < 4.78 is 51.4. The molecule has 2 heterocycles. The maximum Gasteiger partial charge on any atom is 0.397 e. The molecule has 0 unspecified atom stereocenters. The zero-order valence-electron chi connectivity index (χ0n) is 15.6. The minimum Gasteiger partial charge on any atom is -0.394 e. The van der Waals surface area contributed by atoms with Crippen molar-refractivity contribution in [2.75, 3.05) is 13.2 Å². The molecule has 0 aliphatic carbocycles. The summed E-state index contributed by atoms with van der Waals surface area (Å²) in [6, 6.07) is -1.63. The van der Waals surface area contributed by atoms with E-state index in [1.807, 2.05) is 0 Å². The predicted octanol–water partition coefficient (Wildman–Crippen LogP) is -5.43. The van der Waals surface area contributed by atoms with Crippen LogP contribution in [0.15, 0.2) is 0 Å². The lowest BCUT2D eigenvalue weighted by molar-refractivity contribution is -0.340. The van der Waals surface area contributed by atoms with Gasteiger partial charge < -0.3 is 50.2 Å². The Kier molecular flexibility index (Phi) is 8.47. The molecule has 176 valence electrons. The quantitative estimate of drug-likeness (QED) is 0.164. The number of nitrogens with one attached hydrogen (secondary N) is 1. The Morgan fingerprint density at radius 2 is 1.50 bits per heavy atom. The summed E-state index contributed by atoms with van der Waals surface area (Å²) in [5, 5.41) is 61.2. The molecule has 10 atom stereocenters. The van der Waals surface area contributed by atoms with Crippen LogP contribution >= 0.6 is 0 Å². The molecule has 2 aliphatic rings. The smallest absolute Gasteiger partial charge is 0.394 e. The molecular weight excluding hydrogens is 438 g/mol. The van der Waals surface area contributed by atoms with E-state index in [1.54, 1.807) is 0 Å². The molecule has 2 fully saturated rings. The second-order valence-corrected chi connectivity index (χ2v) is 7.81. The second-order valence-electron chi connectivity index (χ2n) is 6.76. The van der Waals surface area contributed by atoms with E-state index in [-0.39, 0.29) is 0 Å². The first-order valence-corrected chi connectivity index (χ1v) is 10.1. The van der Waals surface area contributed by atoms with Crippen LogP contribution in [-0.2, 0) is 33.6 Å². The molecule has 0 aromatic carbocycles. The highest BCUT2D eigenvalue weighted by Crippen LogP contribution is 2.30. The topological polar surface area (TPSA) is 242 Å². The van der Waals surface area contributed by atoms with Gasteiger partial charge in [-0.2, -0.15) is 8.42 Å². The number of hydrogen-bond donors (Lipinski definition) is 8. The van der Waals surface area contributed by atoms with Crippen molar-refractivity contribution in [2.45, 2.75) is 68.3 Å². The summed E-state index contributed by atoms with van der Waals surface area (Å²) >= 11 is 0. The number of carbonyl (C=O) groups is 1. The maximum absolute atomic E-state index is 11.6. The Hall–Kier alpha value is -1.02. The number of hydrogen-bond acceptors (Lipinski definition) is 13. The van der Waals surface area contributed by atoms with Crippen molar-refractivity contribution in [3.05, 3.63) is 0 Å². The van der Waals surface area contributed by atoms with E-state index in [2.05, 4.69) is 9.50 Å². The summed E-state index contributed by atoms with van der Waals surface area (Å²) in [7, 11) is -5.15. The van der Waals surface area contributed by atoms with Crippen molar-refractivity contribution in [1.82, 2.24) is 5.32 Å². The third-order valence-electron chi connectivity index (χ3n) is 4.59. The first-order valence-electron chi connectivity index (χ1n) is 8.72. The summed E-state index contributed by atoms with van der Waals surface area (Å²) in [5.74, 6) is -0.767. The fraction of sp³-hybridized carbons (Fsp3) is 0.929. The molecule has 0 spiro atoms. The zero-order chi connectivity index (χ0) is 22.8. The van der Waals surface area contributed by atoms with Gasteiger partial charge in [-0.3, -0.25) is 9.35 Å². The van der Waals surface area contributed by atoms with Crippen LogP contribution in [0.5, 0.6) is 0 Å². The van der Waals surface area contributed by atoms with Gasteiger partial charge in [0.1, 0.15) is 48.8 Å². The van der Waals surface area contributed by atoms with Crippen molar-refractivity contribution in [1.29, 1.82) is 0 Å². The molecule has 2 rings (SSSR count). The van der Waals surface area contributed by atoms with Crippen LogP contribution in [0.2, 0.25) is 0 Å². The second kappa shape index (κ2) is 10.1. The molecule has 1 amide bonds. The molecule has 0 bridgehead atoms. The largest absolute Gasteiger partial charge is 0.397 e. The Bertz CT molecular complexity index is 690. The minimum atomic E-state index is -5.15. The van der Waals surface area contributed by atoms with Gasteiger partial charge in [-0.1, -0.05) is 0 Å². The number of aliphatic hydroxyl groups is 6. The highest BCUT2D eigenvalue weighted by atomic mass is 32.3. The number of ether oxygens (including phenoxy) is 3. The van der Waals surface area contributed by atoms with Crippen LogP contribution in [-0.4, -0.2) is 124 Å². The van der Waals surface area contributed by atoms with E-state index in [4.69, 9.17) is 18.8 Å². The molecule has 2 saturated heterocycles. The highest BCUT2D eigenvalue weighted by molar-refractivity contribution is 7.80. The van der Waals surface area contributed by atoms with E-state index in [0.29, 0.717) is 0 Å². The number of amides is 1. The minimum absolute atomic E-state index is 0.766.